The number of rotatable bonds is 3. The highest BCUT2D eigenvalue weighted by Gasteiger charge is 2.34. The predicted molar refractivity (Wildman–Crippen MR) is 49.6 cm³/mol. The molecular formula is C10H8F3NO2. The van der Waals surface area contributed by atoms with Crippen LogP contribution in [0.1, 0.15) is 22.3 Å². The van der Waals surface area contributed by atoms with Gasteiger partial charge in [-0.25, -0.2) is 0 Å². The first-order chi connectivity index (χ1) is 7.32. The van der Waals surface area contributed by atoms with E-state index in [1.165, 1.54) is 12.1 Å². The molecular weight excluding hydrogens is 223 g/mol. The molecule has 0 radical (unpaired) electrons. The summed E-state index contributed by atoms with van der Waals surface area (Å²) in [5.41, 5.74) is 3.16. The fraction of sp³-hybridized carbons (Fsp3) is 0.200. The van der Waals surface area contributed by atoms with E-state index in [4.69, 9.17) is 5.73 Å². The first-order valence-electron chi connectivity index (χ1n) is 4.30. The van der Waals surface area contributed by atoms with E-state index in [1.807, 2.05) is 0 Å². The summed E-state index contributed by atoms with van der Waals surface area (Å²) < 4.78 is 37.4. The predicted octanol–water partition coefficient (Wildman–Crippen LogP) is 1.76. The molecule has 0 fully saturated rings. The van der Waals surface area contributed by atoms with E-state index in [-0.39, 0.29) is 0 Å². The minimum absolute atomic E-state index is 0.534. The van der Waals surface area contributed by atoms with Crippen LogP contribution >= 0.6 is 0 Å². The van der Waals surface area contributed by atoms with Crippen molar-refractivity contribution in [3.05, 3.63) is 35.4 Å². The van der Waals surface area contributed by atoms with E-state index < -0.39 is 35.4 Å². The fourth-order valence-electron chi connectivity index (χ4n) is 1.23. The Morgan fingerprint density at radius 2 is 1.75 bits per heavy atom. The third kappa shape index (κ3) is 2.82. The molecule has 1 rings (SSSR count). The van der Waals surface area contributed by atoms with E-state index >= 15 is 0 Å². The fourth-order valence-corrected chi connectivity index (χ4v) is 1.23. The topological polar surface area (TPSA) is 60.2 Å². The Morgan fingerprint density at radius 1 is 1.19 bits per heavy atom. The van der Waals surface area contributed by atoms with Gasteiger partial charge in [-0.05, 0) is 6.07 Å². The van der Waals surface area contributed by atoms with Crippen molar-refractivity contribution in [2.24, 2.45) is 5.73 Å². The third-order valence-corrected chi connectivity index (χ3v) is 1.87. The Balaban J connectivity index is 3.14. The largest absolute Gasteiger partial charge is 0.417 e. The number of carbonyl (C=O) groups excluding carboxylic acids is 2. The van der Waals surface area contributed by atoms with Gasteiger partial charge in [-0.3, -0.25) is 9.59 Å². The molecule has 0 unspecified atom stereocenters. The van der Waals surface area contributed by atoms with E-state index in [0.717, 1.165) is 12.1 Å². The van der Waals surface area contributed by atoms with Crippen molar-refractivity contribution in [3.8, 4) is 0 Å². The van der Waals surface area contributed by atoms with Crippen LogP contribution in [-0.2, 0) is 11.0 Å². The van der Waals surface area contributed by atoms with E-state index in [2.05, 4.69) is 0 Å². The number of ketones is 1. The molecule has 0 spiro atoms. The zero-order valence-electron chi connectivity index (χ0n) is 8.04. The molecule has 0 saturated heterocycles. The smallest absolute Gasteiger partial charge is 0.369 e. The van der Waals surface area contributed by atoms with Gasteiger partial charge in [-0.2, -0.15) is 13.2 Å². The highest BCUT2D eigenvalue weighted by molar-refractivity contribution is 6.07. The average Bonchev–Trinajstić information content (AvgIpc) is 2.15. The lowest BCUT2D eigenvalue weighted by atomic mass is 10.0. The Kier molecular flexibility index (Phi) is 3.31. The first kappa shape index (κ1) is 12.2. The van der Waals surface area contributed by atoms with Crippen molar-refractivity contribution in [1.82, 2.24) is 0 Å². The zero-order valence-corrected chi connectivity index (χ0v) is 8.04. The minimum atomic E-state index is -4.62. The highest BCUT2D eigenvalue weighted by Crippen LogP contribution is 2.32. The SMILES string of the molecule is NC(=O)CC(=O)c1ccccc1C(F)(F)F. The number of alkyl halides is 3. The molecule has 6 heteroatoms. The van der Waals surface area contributed by atoms with Crippen LogP contribution in [-0.4, -0.2) is 11.7 Å². The maximum Gasteiger partial charge on any atom is 0.417 e. The van der Waals surface area contributed by atoms with Crippen LogP contribution in [0.5, 0.6) is 0 Å². The minimum Gasteiger partial charge on any atom is -0.369 e. The second-order valence-electron chi connectivity index (χ2n) is 3.11. The molecule has 2 N–H and O–H groups in total. The number of amides is 1. The Bertz CT molecular complexity index is 426. The molecule has 0 aliphatic rings. The maximum absolute atomic E-state index is 12.5. The van der Waals surface area contributed by atoms with Gasteiger partial charge in [-0.1, -0.05) is 18.2 Å². The summed E-state index contributed by atoms with van der Waals surface area (Å²) in [6, 6.07) is 4.27. The van der Waals surface area contributed by atoms with E-state index in [9.17, 15) is 22.8 Å². The average molecular weight is 231 g/mol. The summed E-state index contributed by atoms with van der Waals surface area (Å²) in [4.78, 5) is 21.8. The molecule has 1 aromatic carbocycles. The van der Waals surface area contributed by atoms with Crippen molar-refractivity contribution < 1.29 is 22.8 Å². The molecule has 16 heavy (non-hydrogen) atoms. The van der Waals surface area contributed by atoms with Gasteiger partial charge in [0.2, 0.25) is 5.91 Å². The number of Topliss-reactive ketones (excluding diaryl/α,β-unsaturated/α-hetero) is 1. The van der Waals surface area contributed by atoms with Crippen LogP contribution in [0.3, 0.4) is 0 Å². The first-order valence-corrected chi connectivity index (χ1v) is 4.30. The second kappa shape index (κ2) is 4.34. The highest BCUT2D eigenvalue weighted by atomic mass is 19.4. The zero-order chi connectivity index (χ0) is 12.3. The molecule has 0 saturated carbocycles. The second-order valence-corrected chi connectivity index (χ2v) is 3.11. The van der Waals surface area contributed by atoms with Crippen molar-refractivity contribution in [2.75, 3.05) is 0 Å². The standard InChI is InChI=1S/C10H8F3NO2/c11-10(12,13)7-4-2-1-3-6(7)8(15)5-9(14)16/h1-4H,5H2,(H2,14,16). The Morgan fingerprint density at radius 3 is 2.25 bits per heavy atom. The van der Waals surface area contributed by atoms with Crippen LogP contribution in [0, 0.1) is 0 Å². The lowest BCUT2D eigenvalue weighted by Crippen LogP contribution is -2.19. The van der Waals surface area contributed by atoms with E-state index in [1.54, 1.807) is 0 Å². The van der Waals surface area contributed by atoms with Gasteiger partial charge in [0.15, 0.2) is 5.78 Å². The molecule has 3 nitrogen and oxygen atoms in total. The molecule has 0 bridgehead atoms. The maximum atomic E-state index is 12.5. The lowest BCUT2D eigenvalue weighted by Gasteiger charge is -2.10. The Labute approximate surface area is 89.1 Å². The van der Waals surface area contributed by atoms with Crippen molar-refractivity contribution in [2.45, 2.75) is 12.6 Å². The van der Waals surface area contributed by atoms with Gasteiger partial charge in [0.05, 0.1) is 12.0 Å². The molecule has 0 atom stereocenters. The van der Waals surface area contributed by atoms with Crippen LogP contribution < -0.4 is 5.73 Å². The third-order valence-electron chi connectivity index (χ3n) is 1.87. The van der Waals surface area contributed by atoms with E-state index in [0.29, 0.717) is 0 Å². The Hall–Kier alpha value is -1.85. The van der Waals surface area contributed by atoms with Gasteiger partial charge in [0.25, 0.3) is 0 Å². The molecule has 0 aliphatic heterocycles. The monoisotopic (exact) mass is 231 g/mol. The molecule has 0 heterocycles. The summed E-state index contributed by atoms with van der Waals surface area (Å²) in [5.74, 6) is -1.89. The van der Waals surface area contributed by atoms with Crippen LogP contribution in [0.15, 0.2) is 24.3 Å². The molecule has 0 aromatic heterocycles. The number of nitrogens with two attached hydrogens (primary N) is 1. The van der Waals surface area contributed by atoms with Crippen LogP contribution in [0.4, 0.5) is 13.2 Å². The van der Waals surface area contributed by atoms with Gasteiger partial charge in [0, 0.05) is 5.56 Å². The number of hydrogen-bond acceptors (Lipinski definition) is 2. The van der Waals surface area contributed by atoms with Crippen LogP contribution in [0.2, 0.25) is 0 Å². The lowest BCUT2D eigenvalue weighted by molar-refractivity contribution is -0.138. The van der Waals surface area contributed by atoms with Gasteiger partial charge >= 0.3 is 6.18 Å². The quantitative estimate of drug-likeness (QED) is 0.636. The van der Waals surface area contributed by atoms with Crippen molar-refractivity contribution in [1.29, 1.82) is 0 Å². The molecule has 0 aliphatic carbocycles. The van der Waals surface area contributed by atoms with Gasteiger partial charge in [0.1, 0.15) is 0 Å². The summed E-state index contributed by atoms with van der Waals surface area (Å²) in [6.07, 6.45) is -5.35. The summed E-state index contributed by atoms with van der Waals surface area (Å²) >= 11 is 0. The number of carbonyl (C=O) groups is 2. The van der Waals surface area contributed by atoms with Crippen molar-refractivity contribution >= 4 is 11.7 Å². The van der Waals surface area contributed by atoms with Gasteiger partial charge in [-0.15, -0.1) is 0 Å². The number of halogens is 3. The summed E-state index contributed by atoms with van der Waals surface area (Å²) in [6.45, 7) is 0. The molecule has 1 amide bonds. The normalized spacial score (nSPS) is 11.2. The number of primary amides is 1. The number of hydrogen-bond donors (Lipinski definition) is 1. The summed E-state index contributed by atoms with van der Waals surface area (Å²) in [5, 5.41) is 0. The summed E-state index contributed by atoms with van der Waals surface area (Å²) in [7, 11) is 0. The number of benzene rings is 1. The van der Waals surface area contributed by atoms with Crippen molar-refractivity contribution in [3.63, 3.8) is 0 Å². The van der Waals surface area contributed by atoms with Gasteiger partial charge < -0.3 is 5.73 Å². The molecule has 1 aromatic rings. The van der Waals surface area contributed by atoms with Crippen LogP contribution in [0.25, 0.3) is 0 Å². The molecule has 86 valence electrons.